The van der Waals surface area contributed by atoms with Crippen LogP contribution in [0.4, 0.5) is 0 Å². The SMILES string of the molecule is CON(C)S(=O)(=O)c1ccc(C(=O)NC2CCCc3ccccc32)cc1. The fourth-order valence-corrected chi connectivity index (χ4v) is 4.14. The van der Waals surface area contributed by atoms with E-state index in [0.29, 0.717) is 5.56 Å². The van der Waals surface area contributed by atoms with Gasteiger partial charge in [0.05, 0.1) is 18.0 Å². The second-order valence-electron chi connectivity index (χ2n) is 6.24. The molecule has 26 heavy (non-hydrogen) atoms. The zero-order valence-electron chi connectivity index (χ0n) is 14.8. The summed E-state index contributed by atoms with van der Waals surface area (Å²) in [5, 5.41) is 3.06. The molecule has 2 aromatic rings. The number of nitrogens with one attached hydrogen (secondary N) is 1. The van der Waals surface area contributed by atoms with E-state index in [1.165, 1.54) is 44.0 Å². The highest BCUT2D eigenvalue weighted by atomic mass is 32.2. The Kier molecular flexibility index (Phi) is 5.41. The van der Waals surface area contributed by atoms with Gasteiger partial charge in [0, 0.05) is 12.6 Å². The van der Waals surface area contributed by atoms with Crippen LogP contribution in [0.1, 0.15) is 40.4 Å². The predicted octanol–water partition coefficient (Wildman–Crippen LogP) is 2.68. The van der Waals surface area contributed by atoms with Crippen LogP contribution in [-0.4, -0.2) is 33.0 Å². The molecule has 6 nitrogen and oxygen atoms in total. The normalized spacial score (nSPS) is 17.0. The van der Waals surface area contributed by atoms with Crippen molar-refractivity contribution < 1.29 is 18.0 Å². The first-order chi connectivity index (χ1) is 12.4. The Hall–Kier alpha value is -2.22. The number of benzene rings is 2. The molecular weight excluding hydrogens is 352 g/mol. The summed E-state index contributed by atoms with van der Waals surface area (Å²) in [6, 6.07) is 14.0. The number of fused-ring (bicyclic) bond motifs is 1. The van der Waals surface area contributed by atoms with Gasteiger partial charge in [-0.25, -0.2) is 8.42 Å². The van der Waals surface area contributed by atoms with E-state index in [0.717, 1.165) is 29.3 Å². The minimum Gasteiger partial charge on any atom is -0.345 e. The quantitative estimate of drug-likeness (QED) is 0.817. The lowest BCUT2D eigenvalue weighted by atomic mass is 9.87. The highest BCUT2D eigenvalue weighted by Gasteiger charge is 2.23. The van der Waals surface area contributed by atoms with E-state index in [-0.39, 0.29) is 16.8 Å². The maximum absolute atomic E-state index is 12.6. The van der Waals surface area contributed by atoms with Gasteiger partial charge < -0.3 is 5.32 Å². The first-order valence-corrected chi connectivity index (χ1v) is 9.89. The fourth-order valence-electron chi connectivity index (χ4n) is 3.17. The molecule has 0 saturated heterocycles. The maximum Gasteiger partial charge on any atom is 0.264 e. The summed E-state index contributed by atoms with van der Waals surface area (Å²) in [4.78, 5) is 17.4. The van der Waals surface area contributed by atoms with Gasteiger partial charge in [-0.3, -0.25) is 9.63 Å². The van der Waals surface area contributed by atoms with Crippen molar-refractivity contribution in [3.05, 3.63) is 65.2 Å². The van der Waals surface area contributed by atoms with Crippen molar-refractivity contribution in [3.8, 4) is 0 Å². The Morgan fingerprint density at radius 2 is 1.85 bits per heavy atom. The molecule has 138 valence electrons. The van der Waals surface area contributed by atoms with E-state index in [1.54, 1.807) is 0 Å². The van der Waals surface area contributed by atoms with Gasteiger partial charge >= 0.3 is 0 Å². The van der Waals surface area contributed by atoms with Gasteiger partial charge in [0.15, 0.2) is 0 Å². The average Bonchev–Trinajstić information content (AvgIpc) is 2.67. The molecule has 2 aromatic carbocycles. The molecule has 0 aromatic heterocycles. The Morgan fingerprint density at radius 3 is 2.54 bits per heavy atom. The summed E-state index contributed by atoms with van der Waals surface area (Å²) >= 11 is 0. The topological polar surface area (TPSA) is 75.7 Å². The maximum atomic E-state index is 12.6. The molecule has 1 amide bonds. The van der Waals surface area contributed by atoms with Gasteiger partial charge in [-0.2, -0.15) is 0 Å². The monoisotopic (exact) mass is 374 g/mol. The van der Waals surface area contributed by atoms with Crippen LogP contribution in [0.3, 0.4) is 0 Å². The van der Waals surface area contributed by atoms with Crippen LogP contribution in [0.25, 0.3) is 0 Å². The van der Waals surface area contributed by atoms with E-state index in [9.17, 15) is 13.2 Å². The molecule has 1 aliphatic rings. The van der Waals surface area contributed by atoms with E-state index >= 15 is 0 Å². The summed E-state index contributed by atoms with van der Waals surface area (Å²) in [6.07, 6.45) is 2.96. The number of aryl methyl sites for hydroxylation is 1. The third kappa shape index (κ3) is 3.65. The molecule has 0 saturated carbocycles. The molecular formula is C19H22N2O4S. The van der Waals surface area contributed by atoms with E-state index < -0.39 is 10.0 Å². The zero-order chi connectivity index (χ0) is 18.7. The molecule has 0 radical (unpaired) electrons. The van der Waals surface area contributed by atoms with Crippen LogP contribution in [0.15, 0.2) is 53.4 Å². The van der Waals surface area contributed by atoms with Crippen molar-refractivity contribution in [1.82, 2.24) is 9.79 Å². The minimum absolute atomic E-state index is 0.0181. The standard InChI is InChI=1S/C19H22N2O4S/c1-21(25-2)26(23,24)16-12-10-15(11-13-16)19(22)20-18-9-5-7-14-6-3-4-8-17(14)18/h3-4,6,8,10-13,18H,5,7,9H2,1-2H3,(H,20,22). The molecule has 7 heteroatoms. The second kappa shape index (κ2) is 7.57. The molecule has 0 aliphatic heterocycles. The lowest BCUT2D eigenvalue weighted by Gasteiger charge is -2.26. The van der Waals surface area contributed by atoms with Crippen LogP contribution in [-0.2, 0) is 21.3 Å². The second-order valence-corrected chi connectivity index (χ2v) is 8.17. The lowest BCUT2D eigenvalue weighted by molar-refractivity contribution is -0.0258. The van der Waals surface area contributed by atoms with Crippen molar-refractivity contribution >= 4 is 15.9 Å². The van der Waals surface area contributed by atoms with Crippen molar-refractivity contribution in [1.29, 1.82) is 0 Å². The Morgan fingerprint density at radius 1 is 1.15 bits per heavy atom. The van der Waals surface area contributed by atoms with Gasteiger partial charge in [-0.1, -0.05) is 28.7 Å². The fraction of sp³-hybridized carbons (Fsp3) is 0.316. The van der Waals surface area contributed by atoms with Crippen molar-refractivity contribution in [2.24, 2.45) is 0 Å². The molecule has 0 bridgehead atoms. The van der Waals surface area contributed by atoms with Gasteiger partial charge in [0.1, 0.15) is 0 Å². The number of hydrogen-bond acceptors (Lipinski definition) is 4. The molecule has 3 rings (SSSR count). The van der Waals surface area contributed by atoms with Crippen LogP contribution in [0.2, 0.25) is 0 Å². The van der Waals surface area contributed by atoms with Crippen molar-refractivity contribution in [2.75, 3.05) is 14.2 Å². The first kappa shape index (κ1) is 18.6. The third-order valence-electron chi connectivity index (χ3n) is 4.68. The Bertz CT molecular complexity index is 894. The van der Waals surface area contributed by atoms with Crippen LogP contribution < -0.4 is 5.32 Å². The van der Waals surface area contributed by atoms with Crippen LogP contribution >= 0.6 is 0 Å². The number of sulfonamides is 1. The van der Waals surface area contributed by atoms with Crippen molar-refractivity contribution in [2.45, 2.75) is 30.2 Å². The summed E-state index contributed by atoms with van der Waals surface area (Å²) in [6.45, 7) is 0. The summed E-state index contributed by atoms with van der Waals surface area (Å²) in [7, 11) is -1.12. The molecule has 0 heterocycles. The smallest absolute Gasteiger partial charge is 0.264 e. The minimum atomic E-state index is -3.72. The zero-order valence-corrected chi connectivity index (χ0v) is 15.6. The number of carbonyl (C=O) groups is 1. The average molecular weight is 374 g/mol. The van der Waals surface area contributed by atoms with Crippen LogP contribution in [0, 0.1) is 0 Å². The lowest BCUT2D eigenvalue weighted by Crippen LogP contribution is -2.31. The molecule has 1 N–H and O–H groups in total. The molecule has 0 spiro atoms. The number of amides is 1. The highest BCUT2D eigenvalue weighted by Crippen LogP contribution is 2.29. The molecule has 1 unspecified atom stereocenters. The van der Waals surface area contributed by atoms with Gasteiger partial charge in [-0.05, 0) is 54.7 Å². The summed E-state index contributed by atoms with van der Waals surface area (Å²) < 4.78 is 25.2. The largest absolute Gasteiger partial charge is 0.345 e. The van der Waals surface area contributed by atoms with E-state index in [1.807, 2.05) is 12.1 Å². The van der Waals surface area contributed by atoms with Gasteiger partial charge in [-0.15, -0.1) is 0 Å². The van der Waals surface area contributed by atoms with E-state index in [2.05, 4.69) is 17.4 Å². The number of carbonyl (C=O) groups excluding carboxylic acids is 1. The molecule has 1 atom stereocenters. The number of nitrogens with zero attached hydrogens (tertiary/aromatic N) is 1. The summed E-state index contributed by atoms with van der Waals surface area (Å²) in [5.74, 6) is -0.212. The van der Waals surface area contributed by atoms with E-state index in [4.69, 9.17) is 4.84 Å². The van der Waals surface area contributed by atoms with Crippen molar-refractivity contribution in [3.63, 3.8) is 0 Å². The van der Waals surface area contributed by atoms with Gasteiger partial charge in [0.2, 0.25) is 0 Å². The highest BCUT2D eigenvalue weighted by molar-refractivity contribution is 7.89. The summed E-state index contributed by atoms with van der Waals surface area (Å²) in [5.41, 5.74) is 2.85. The Balaban J connectivity index is 1.76. The Labute approximate surface area is 153 Å². The van der Waals surface area contributed by atoms with Gasteiger partial charge in [0.25, 0.3) is 15.9 Å². The molecule has 0 fully saturated rings. The molecule has 1 aliphatic carbocycles. The third-order valence-corrected chi connectivity index (χ3v) is 6.38. The number of hydrogen-bond donors (Lipinski definition) is 1. The number of rotatable bonds is 5. The predicted molar refractivity (Wildman–Crippen MR) is 98.0 cm³/mol. The van der Waals surface area contributed by atoms with Crippen LogP contribution in [0.5, 0.6) is 0 Å². The first-order valence-electron chi connectivity index (χ1n) is 8.45. The number of hydroxylamine groups is 1.